The lowest BCUT2D eigenvalue weighted by atomic mass is 10.1. The molecule has 2 fully saturated rings. The number of anilines is 2. The molecule has 0 spiro atoms. The normalized spacial score (nSPS) is 22.4. The number of nitrogens with zero attached hydrogens (tertiary/aromatic N) is 2. The van der Waals surface area contributed by atoms with Crippen LogP contribution in [-0.4, -0.2) is 35.1 Å². The SMILES string of the molecule is Cl.c1nc(NCC2CCCCN2)cc(NC2CC2)n1. The van der Waals surface area contributed by atoms with E-state index in [1.807, 2.05) is 6.07 Å². The van der Waals surface area contributed by atoms with Crippen LogP contribution in [0.15, 0.2) is 12.4 Å². The molecule has 0 amide bonds. The van der Waals surface area contributed by atoms with E-state index in [0.29, 0.717) is 12.1 Å². The Morgan fingerprint density at radius 1 is 1.16 bits per heavy atom. The zero-order valence-electron chi connectivity index (χ0n) is 11.1. The maximum Gasteiger partial charge on any atom is 0.131 e. The summed E-state index contributed by atoms with van der Waals surface area (Å²) in [5.74, 6) is 1.85. The van der Waals surface area contributed by atoms with Gasteiger partial charge in [0.1, 0.15) is 18.0 Å². The monoisotopic (exact) mass is 283 g/mol. The Bertz CT molecular complexity index is 390. The minimum Gasteiger partial charge on any atom is -0.368 e. The van der Waals surface area contributed by atoms with E-state index in [4.69, 9.17) is 0 Å². The number of hydrogen-bond acceptors (Lipinski definition) is 5. The van der Waals surface area contributed by atoms with Crippen molar-refractivity contribution < 1.29 is 0 Å². The van der Waals surface area contributed by atoms with Crippen LogP contribution in [-0.2, 0) is 0 Å². The van der Waals surface area contributed by atoms with Gasteiger partial charge in [0, 0.05) is 24.7 Å². The molecule has 1 aromatic rings. The van der Waals surface area contributed by atoms with Crippen LogP contribution in [0.1, 0.15) is 32.1 Å². The van der Waals surface area contributed by atoms with E-state index in [0.717, 1.165) is 24.7 Å². The number of hydrogen-bond donors (Lipinski definition) is 3. The lowest BCUT2D eigenvalue weighted by Crippen LogP contribution is -2.39. The van der Waals surface area contributed by atoms with Gasteiger partial charge in [0.25, 0.3) is 0 Å². The van der Waals surface area contributed by atoms with Crippen LogP contribution in [0.4, 0.5) is 11.6 Å². The highest BCUT2D eigenvalue weighted by Crippen LogP contribution is 2.24. The molecular weight excluding hydrogens is 262 g/mol. The Kier molecular flexibility index (Phi) is 5.22. The second-order valence-electron chi connectivity index (χ2n) is 5.23. The Labute approximate surface area is 120 Å². The third-order valence-corrected chi connectivity index (χ3v) is 3.54. The van der Waals surface area contributed by atoms with Crippen molar-refractivity contribution in [1.29, 1.82) is 0 Å². The van der Waals surface area contributed by atoms with Gasteiger partial charge in [-0.05, 0) is 32.2 Å². The fourth-order valence-electron chi connectivity index (χ4n) is 2.30. The van der Waals surface area contributed by atoms with Crippen LogP contribution >= 0.6 is 12.4 Å². The van der Waals surface area contributed by atoms with Gasteiger partial charge in [-0.2, -0.15) is 0 Å². The highest BCUT2D eigenvalue weighted by atomic mass is 35.5. The molecule has 3 N–H and O–H groups in total. The predicted molar refractivity (Wildman–Crippen MR) is 80.1 cm³/mol. The van der Waals surface area contributed by atoms with Gasteiger partial charge in [-0.25, -0.2) is 9.97 Å². The molecule has 1 aromatic heterocycles. The summed E-state index contributed by atoms with van der Waals surface area (Å²) in [7, 11) is 0. The highest BCUT2D eigenvalue weighted by molar-refractivity contribution is 5.85. The van der Waals surface area contributed by atoms with Gasteiger partial charge in [0.15, 0.2) is 0 Å². The van der Waals surface area contributed by atoms with E-state index in [2.05, 4.69) is 25.9 Å². The second-order valence-corrected chi connectivity index (χ2v) is 5.23. The van der Waals surface area contributed by atoms with E-state index in [1.165, 1.54) is 32.1 Å². The van der Waals surface area contributed by atoms with E-state index in [1.54, 1.807) is 6.33 Å². The summed E-state index contributed by atoms with van der Waals surface area (Å²) in [4.78, 5) is 8.50. The fraction of sp³-hybridized carbons (Fsp3) is 0.692. The summed E-state index contributed by atoms with van der Waals surface area (Å²) in [6.45, 7) is 2.09. The van der Waals surface area contributed by atoms with Gasteiger partial charge in [-0.3, -0.25) is 0 Å². The zero-order chi connectivity index (χ0) is 12.2. The smallest absolute Gasteiger partial charge is 0.131 e. The minimum absolute atomic E-state index is 0. The second kappa shape index (κ2) is 6.91. The first-order valence-corrected chi connectivity index (χ1v) is 6.96. The van der Waals surface area contributed by atoms with Crippen molar-refractivity contribution >= 4 is 24.0 Å². The first kappa shape index (κ1) is 14.3. The fourth-order valence-corrected chi connectivity index (χ4v) is 2.30. The zero-order valence-corrected chi connectivity index (χ0v) is 11.9. The van der Waals surface area contributed by atoms with Crippen molar-refractivity contribution in [1.82, 2.24) is 15.3 Å². The number of rotatable bonds is 5. The van der Waals surface area contributed by atoms with Crippen LogP contribution < -0.4 is 16.0 Å². The summed E-state index contributed by atoms with van der Waals surface area (Å²) in [5.41, 5.74) is 0. The Hall–Kier alpha value is -1.07. The van der Waals surface area contributed by atoms with Crippen molar-refractivity contribution in [3.8, 4) is 0 Å². The molecule has 2 aliphatic rings. The van der Waals surface area contributed by atoms with Crippen LogP contribution in [0, 0.1) is 0 Å². The summed E-state index contributed by atoms with van der Waals surface area (Å²) >= 11 is 0. The third kappa shape index (κ3) is 4.51. The summed E-state index contributed by atoms with van der Waals surface area (Å²) < 4.78 is 0. The third-order valence-electron chi connectivity index (χ3n) is 3.54. The molecule has 1 saturated heterocycles. The van der Waals surface area contributed by atoms with Crippen molar-refractivity contribution in [2.24, 2.45) is 0 Å². The number of aromatic nitrogens is 2. The lowest BCUT2D eigenvalue weighted by Gasteiger charge is -2.23. The molecule has 6 heteroatoms. The molecule has 106 valence electrons. The average Bonchev–Trinajstić information content (AvgIpc) is 3.22. The maximum absolute atomic E-state index is 4.26. The Morgan fingerprint density at radius 3 is 2.74 bits per heavy atom. The molecule has 2 heterocycles. The van der Waals surface area contributed by atoms with Crippen molar-refractivity contribution in [3.63, 3.8) is 0 Å². The van der Waals surface area contributed by atoms with Gasteiger partial charge in [0.2, 0.25) is 0 Å². The highest BCUT2D eigenvalue weighted by Gasteiger charge is 2.21. The molecule has 5 nitrogen and oxygen atoms in total. The van der Waals surface area contributed by atoms with E-state index >= 15 is 0 Å². The standard InChI is InChI=1S/C13H21N5.ClH/c1-2-6-14-11(3-1)8-15-12-7-13(17-9-16-12)18-10-4-5-10;/h7,9-11,14H,1-6,8H2,(H2,15,16,17,18);1H. The molecule has 19 heavy (non-hydrogen) atoms. The minimum atomic E-state index is 0. The van der Waals surface area contributed by atoms with Gasteiger partial charge < -0.3 is 16.0 Å². The van der Waals surface area contributed by atoms with Crippen LogP contribution in [0.5, 0.6) is 0 Å². The molecule has 3 rings (SSSR count). The van der Waals surface area contributed by atoms with Crippen molar-refractivity contribution in [2.75, 3.05) is 23.7 Å². The van der Waals surface area contributed by atoms with Crippen molar-refractivity contribution in [2.45, 2.75) is 44.2 Å². The predicted octanol–water partition coefficient (Wildman–Crippen LogP) is 2.03. The van der Waals surface area contributed by atoms with E-state index < -0.39 is 0 Å². The van der Waals surface area contributed by atoms with Gasteiger partial charge in [-0.15, -0.1) is 12.4 Å². The van der Waals surface area contributed by atoms with Gasteiger partial charge in [0.05, 0.1) is 0 Å². The molecule has 0 bridgehead atoms. The molecule has 0 aromatic carbocycles. The quantitative estimate of drug-likeness (QED) is 0.772. The maximum atomic E-state index is 4.26. The molecule has 1 saturated carbocycles. The molecular formula is C13H22ClN5. The van der Waals surface area contributed by atoms with E-state index in [9.17, 15) is 0 Å². The van der Waals surface area contributed by atoms with Crippen LogP contribution in [0.3, 0.4) is 0 Å². The van der Waals surface area contributed by atoms with E-state index in [-0.39, 0.29) is 12.4 Å². The largest absolute Gasteiger partial charge is 0.368 e. The molecule has 1 unspecified atom stereocenters. The number of nitrogens with one attached hydrogen (secondary N) is 3. The van der Waals surface area contributed by atoms with Crippen molar-refractivity contribution in [3.05, 3.63) is 12.4 Å². The first-order valence-electron chi connectivity index (χ1n) is 6.96. The topological polar surface area (TPSA) is 61.9 Å². The first-order chi connectivity index (χ1) is 8.90. The van der Waals surface area contributed by atoms with Crippen LogP contribution in [0.2, 0.25) is 0 Å². The molecule has 1 aliphatic carbocycles. The Balaban J connectivity index is 0.00000133. The van der Waals surface area contributed by atoms with Crippen LogP contribution in [0.25, 0.3) is 0 Å². The molecule has 0 radical (unpaired) electrons. The molecule has 1 aliphatic heterocycles. The summed E-state index contributed by atoms with van der Waals surface area (Å²) in [5, 5.41) is 10.3. The number of halogens is 1. The molecule has 1 atom stereocenters. The van der Waals surface area contributed by atoms with Gasteiger partial charge >= 0.3 is 0 Å². The van der Waals surface area contributed by atoms with Gasteiger partial charge in [-0.1, -0.05) is 6.42 Å². The number of piperidine rings is 1. The summed E-state index contributed by atoms with van der Waals surface area (Å²) in [6.07, 6.45) is 8.04. The lowest BCUT2D eigenvalue weighted by molar-refractivity contribution is 0.414. The average molecular weight is 284 g/mol. The summed E-state index contributed by atoms with van der Waals surface area (Å²) in [6, 6.07) is 3.21. The Morgan fingerprint density at radius 2 is 2.00 bits per heavy atom.